The van der Waals surface area contributed by atoms with Crippen molar-refractivity contribution in [3.05, 3.63) is 17.3 Å². The molecule has 16 heavy (non-hydrogen) atoms. The molecule has 1 heterocycles. The van der Waals surface area contributed by atoms with Gasteiger partial charge in [0.2, 0.25) is 0 Å². The number of nitrogens with two attached hydrogens (primary N) is 1. The molecule has 0 aromatic carbocycles. The minimum absolute atomic E-state index is 0.0206. The SMILES string of the molecule is Nc1cc(Cl)cnc1NCCCC(F)(F)F. The van der Waals surface area contributed by atoms with Crippen molar-refractivity contribution in [3.8, 4) is 0 Å². The van der Waals surface area contributed by atoms with E-state index in [9.17, 15) is 13.2 Å². The standard InChI is InChI=1S/C9H11ClF3N3/c10-6-4-7(14)8(16-5-6)15-3-1-2-9(11,12)13/h4-5H,1-3,14H2,(H,15,16). The maximum absolute atomic E-state index is 11.8. The number of nitrogens with one attached hydrogen (secondary N) is 1. The number of nitrogens with zero attached hydrogens (tertiary/aromatic N) is 1. The fourth-order valence-electron chi connectivity index (χ4n) is 1.10. The van der Waals surface area contributed by atoms with Crippen LogP contribution < -0.4 is 11.1 Å². The summed E-state index contributed by atoms with van der Waals surface area (Å²) in [4.78, 5) is 3.86. The lowest BCUT2D eigenvalue weighted by Gasteiger charge is -2.09. The highest BCUT2D eigenvalue weighted by Crippen LogP contribution is 2.22. The molecule has 0 radical (unpaired) electrons. The molecule has 0 saturated heterocycles. The molecule has 1 aromatic rings. The van der Waals surface area contributed by atoms with Gasteiger partial charge in [0, 0.05) is 19.2 Å². The van der Waals surface area contributed by atoms with Crippen LogP contribution in [0.2, 0.25) is 5.02 Å². The minimum atomic E-state index is -4.12. The van der Waals surface area contributed by atoms with Crippen LogP contribution >= 0.6 is 11.6 Å². The van der Waals surface area contributed by atoms with Gasteiger partial charge >= 0.3 is 6.18 Å². The quantitative estimate of drug-likeness (QED) is 0.811. The Kier molecular flexibility index (Phi) is 4.23. The first-order valence-corrected chi connectivity index (χ1v) is 4.98. The summed E-state index contributed by atoms with van der Waals surface area (Å²) in [5.41, 5.74) is 5.88. The van der Waals surface area contributed by atoms with E-state index in [0.717, 1.165) is 0 Å². The molecule has 0 aliphatic heterocycles. The van der Waals surface area contributed by atoms with Crippen LogP contribution in [0.25, 0.3) is 0 Å². The molecule has 0 atom stereocenters. The Labute approximate surface area is 95.8 Å². The third-order valence-electron chi connectivity index (χ3n) is 1.81. The van der Waals surface area contributed by atoms with E-state index in [-0.39, 0.29) is 13.0 Å². The fourth-order valence-corrected chi connectivity index (χ4v) is 1.26. The Bertz CT molecular complexity index is 354. The van der Waals surface area contributed by atoms with Crippen LogP contribution in [0.15, 0.2) is 12.3 Å². The molecule has 0 spiro atoms. The molecule has 7 heteroatoms. The normalized spacial score (nSPS) is 11.5. The summed E-state index contributed by atoms with van der Waals surface area (Å²) in [5.74, 6) is 0.353. The zero-order chi connectivity index (χ0) is 12.2. The van der Waals surface area contributed by atoms with Crippen LogP contribution in [-0.2, 0) is 0 Å². The maximum Gasteiger partial charge on any atom is 0.389 e. The second kappa shape index (κ2) is 5.25. The van der Waals surface area contributed by atoms with Crippen LogP contribution in [0.3, 0.4) is 0 Å². The largest absolute Gasteiger partial charge is 0.396 e. The first-order chi connectivity index (χ1) is 7.38. The first kappa shape index (κ1) is 12.9. The highest BCUT2D eigenvalue weighted by molar-refractivity contribution is 6.30. The average molecular weight is 254 g/mol. The van der Waals surface area contributed by atoms with Crippen LogP contribution in [0.5, 0.6) is 0 Å². The number of pyridine rings is 1. The number of anilines is 2. The number of hydrogen-bond acceptors (Lipinski definition) is 3. The molecule has 0 bridgehead atoms. The highest BCUT2D eigenvalue weighted by atomic mass is 35.5. The van der Waals surface area contributed by atoms with Gasteiger partial charge in [-0.25, -0.2) is 4.98 Å². The molecule has 0 fully saturated rings. The smallest absolute Gasteiger partial charge is 0.389 e. The van der Waals surface area contributed by atoms with Gasteiger partial charge in [0.25, 0.3) is 0 Å². The van der Waals surface area contributed by atoms with Gasteiger partial charge in [0.05, 0.1) is 10.7 Å². The lowest BCUT2D eigenvalue weighted by atomic mass is 10.3. The summed E-state index contributed by atoms with van der Waals surface area (Å²) < 4.78 is 35.5. The van der Waals surface area contributed by atoms with E-state index in [0.29, 0.717) is 16.5 Å². The molecular formula is C9H11ClF3N3. The van der Waals surface area contributed by atoms with Crippen molar-refractivity contribution in [3.63, 3.8) is 0 Å². The Balaban J connectivity index is 2.38. The third-order valence-corrected chi connectivity index (χ3v) is 2.02. The van der Waals surface area contributed by atoms with Gasteiger partial charge in [-0.2, -0.15) is 13.2 Å². The van der Waals surface area contributed by atoms with Crippen molar-refractivity contribution < 1.29 is 13.2 Å². The molecule has 1 rings (SSSR count). The fraction of sp³-hybridized carbons (Fsp3) is 0.444. The second-order valence-corrected chi connectivity index (χ2v) is 3.67. The molecule has 3 N–H and O–H groups in total. The molecule has 0 aliphatic rings. The number of rotatable bonds is 4. The van der Waals surface area contributed by atoms with Gasteiger partial charge in [-0.15, -0.1) is 0 Å². The third kappa shape index (κ3) is 4.57. The summed E-state index contributed by atoms with van der Waals surface area (Å²) in [5, 5.41) is 3.11. The summed E-state index contributed by atoms with van der Waals surface area (Å²) >= 11 is 5.62. The average Bonchev–Trinajstić information content (AvgIpc) is 2.13. The molecule has 1 aromatic heterocycles. The Morgan fingerprint density at radius 1 is 1.44 bits per heavy atom. The number of hydrogen-bond donors (Lipinski definition) is 2. The molecule has 0 saturated carbocycles. The van der Waals surface area contributed by atoms with E-state index in [2.05, 4.69) is 10.3 Å². The topological polar surface area (TPSA) is 50.9 Å². The zero-order valence-electron chi connectivity index (χ0n) is 8.31. The Morgan fingerprint density at radius 2 is 2.12 bits per heavy atom. The van der Waals surface area contributed by atoms with E-state index in [1.54, 1.807) is 0 Å². The predicted octanol–water partition coefficient (Wildman–Crippen LogP) is 3.07. The zero-order valence-corrected chi connectivity index (χ0v) is 9.07. The van der Waals surface area contributed by atoms with E-state index in [4.69, 9.17) is 17.3 Å². The lowest BCUT2D eigenvalue weighted by molar-refractivity contribution is -0.134. The van der Waals surface area contributed by atoms with Crippen molar-refractivity contribution in [2.45, 2.75) is 19.0 Å². The van der Waals surface area contributed by atoms with Gasteiger partial charge in [-0.05, 0) is 12.5 Å². The van der Waals surface area contributed by atoms with Crippen LogP contribution in [0.1, 0.15) is 12.8 Å². The summed E-state index contributed by atoms with van der Waals surface area (Å²) in [6.45, 7) is 0.165. The van der Waals surface area contributed by atoms with E-state index >= 15 is 0 Å². The summed E-state index contributed by atoms with van der Waals surface area (Å²) in [6.07, 6.45) is -3.59. The van der Waals surface area contributed by atoms with Crippen molar-refractivity contribution in [2.24, 2.45) is 0 Å². The van der Waals surface area contributed by atoms with Crippen molar-refractivity contribution in [1.29, 1.82) is 0 Å². The molecule has 0 amide bonds. The van der Waals surface area contributed by atoms with Gasteiger partial charge in [0.1, 0.15) is 5.82 Å². The van der Waals surface area contributed by atoms with Gasteiger partial charge in [-0.1, -0.05) is 11.6 Å². The highest BCUT2D eigenvalue weighted by Gasteiger charge is 2.25. The minimum Gasteiger partial charge on any atom is -0.396 e. The van der Waals surface area contributed by atoms with Crippen LogP contribution in [-0.4, -0.2) is 17.7 Å². The van der Waals surface area contributed by atoms with E-state index in [1.807, 2.05) is 0 Å². The molecule has 0 aliphatic carbocycles. The van der Waals surface area contributed by atoms with Crippen molar-refractivity contribution >= 4 is 23.1 Å². The van der Waals surface area contributed by atoms with E-state index in [1.165, 1.54) is 12.3 Å². The maximum atomic E-state index is 11.8. The number of alkyl halides is 3. The number of halogens is 4. The van der Waals surface area contributed by atoms with E-state index < -0.39 is 12.6 Å². The van der Waals surface area contributed by atoms with Crippen molar-refractivity contribution in [1.82, 2.24) is 4.98 Å². The van der Waals surface area contributed by atoms with Crippen LogP contribution in [0, 0.1) is 0 Å². The van der Waals surface area contributed by atoms with Crippen molar-refractivity contribution in [2.75, 3.05) is 17.6 Å². The number of aromatic nitrogens is 1. The van der Waals surface area contributed by atoms with Gasteiger partial charge in [0.15, 0.2) is 0 Å². The van der Waals surface area contributed by atoms with Gasteiger partial charge in [-0.3, -0.25) is 0 Å². The molecular weight excluding hydrogens is 243 g/mol. The molecule has 90 valence electrons. The molecule has 0 unspecified atom stereocenters. The predicted molar refractivity (Wildman–Crippen MR) is 57.4 cm³/mol. The van der Waals surface area contributed by atoms with Crippen LogP contribution in [0.4, 0.5) is 24.7 Å². The Morgan fingerprint density at radius 3 is 2.69 bits per heavy atom. The monoisotopic (exact) mass is 253 g/mol. The Hall–Kier alpha value is -1.17. The number of nitrogen functional groups attached to an aromatic ring is 1. The lowest BCUT2D eigenvalue weighted by Crippen LogP contribution is -2.12. The summed E-state index contributed by atoms with van der Waals surface area (Å²) in [6, 6.07) is 1.49. The molecule has 3 nitrogen and oxygen atoms in total. The summed E-state index contributed by atoms with van der Waals surface area (Å²) in [7, 11) is 0. The van der Waals surface area contributed by atoms with Gasteiger partial charge < -0.3 is 11.1 Å². The second-order valence-electron chi connectivity index (χ2n) is 3.24. The first-order valence-electron chi connectivity index (χ1n) is 4.60.